The number of azide groups is 1. The SMILES string of the molecule is CCCO[C@H](C[C@H](C(C)C)N(COCC)C(=O)[C@@H](CC(=O)C1CCCCN1C)[C@@H](C)CC)c1nc(C(=O)N[C@@H](Cc2ccc(OCCOCCOCCN=[N+]=[N-])cc2)C[C@H](C)C(=O)OCc2ccccc2)cs1. The molecule has 1 saturated heterocycles. The van der Waals surface area contributed by atoms with Gasteiger partial charge in [0, 0.05) is 60.9 Å². The molecule has 2 amide bonds. The van der Waals surface area contributed by atoms with Crippen LogP contribution in [0.1, 0.15) is 133 Å². The highest BCUT2D eigenvalue weighted by molar-refractivity contribution is 7.09. The minimum Gasteiger partial charge on any atom is -0.491 e. The predicted molar refractivity (Wildman–Crippen MR) is 283 cm³/mol. The van der Waals surface area contributed by atoms with E-state index in [9.17, 15) is 19.2 Å². The van der Waals surface area contributed by atoms with Crippen molar-refractivity contribution in [1.29, 1.82) is 0 Å². The Balaban J connectivity index is 1.51. The zero-order valence-electron chi connectivity index (χ0n) is 44.7. The molecule has 0 bridgehead atoms. The molecule has 0 aliphatic carbocycles. The Labute approximate surface area is 438 Å². The zero-order chi connectivity index (χ0) is 53.0. The lowest BCUT2D eigenvalue weighted by atomic mass is 9.82. The smallest absolute Gasteiger partial charge is 0.309 e. The maximum absolute atomic E-state index is 14.9. The summed E-state index contributed by atoms with van der Waals surface area (Å²) in [5, 5.41) is 8.97. The number of amides is 2. The van der Waals surface area contributed by atoms with Gasteiger partial charge in [-0.3, -0.25) is 24.1 Å². The number of aromatic nitrogens is 1. The summed E-state index contributed by atoms with van der Waals surface area (Å²) in [6.07, 6.45) is 5.19. The molecule has 18 heteroatoms. The summed E-state index contributed by atoms with van der Waals surface area (Å²) >= 11 is 1.34. The number of esters is 1. The molecule has 73 heavy (non-hydrogen) atoms. The number of hydrogen-bond acceptors (Lipinski definition) is 14. The molecule has 1 aliphatic rings. The van der Waals surface area contributed by atoms with Gasteiger partial charge in [0.15, 0.2) is 5.78 Å². The molecule has 0 saturated carbocycles. The fraction of sp³-hybridized carbons (Fsp3) is 0.655. The van der Waals surface area contributed by atoms with E-state index in [0.29, 0.717) is 76.3 Å². The van der Waals surface area contributed by atoms with Crippen LogP contribution in [0.4, 0.5) is 0 Å². The molecule has 17 nitrogen and oxygen atoms in total. The number of nitrogens with zero attached hydrogens (tertiary/aromatic N) is 6. The minimum absolute atomic E-state index is 0.00580. The van der Waals surface area contributed by atoms with Crippen molar-refractivity contribution in [1.82, 2.24) is 20.1 Å². The van der Waals surface area contributed by atoms with Gasteiger partial charge in [-0.15, -0.1) is 11.3 Å². The van der Waals surface area contributed by atoms with E-state index in [0.717, 1.165) is 49.8 Å². The Bertz CT molecular complexity index is 2120. The van der Waals surface area contributed by atoms with Crippen molar-refractivity contribution in [3.63, 3.8) is 0 Å². The van der Waals surface area contributed by atoms with Crippen LogP contribution in [0.2, 0.25) is 0 Å². The van der Waals surface area contributed by atoms with Crippen LogP contribution in [0, 0.1) is 23.7 Å². The van der Waals surface area contributed by atoms with Crippen LogP contribution in [-0.2, 0) is 51.1 Å². The number of benzene rings is 2. The van der Waals surface area contributed by atoms with Crippen LogP contribution in [0.5, 0.6) is 5.75 Å². The van der Waals surface area contributed by atoms with E-state index in [1.54, 1.807) is 12.3 Å². The number of nitrogens with one attached hydrogen (secondary N) is 1. The second-order valence-electron chi connectivity index (χ2n) is 19.3. The second kappa shape index (κ2) is 33.8. The van der Waals surface area contributed by atoms with Crippen LogP contribution in [0.25, 0.3) is 10.4 Å². The predicted octanol–water partition coefficient (Wildman–Crippen LogP) is 9.79. The Hall–Kier alpha value is -4.94. The van der Waals surface area contributed by atoms with Crippen LogP contribution >= 0.6 is 11.3 Å². The minimum atomic E-state index is -0.534. The molecule has 1 fully saturated rings. The lowest BCUT2D eigenvalue weighted by Gasteiger charge is -2.39. The van der Waals surface area contributed by atoms with Gasteiger partial charge in [-0.25, -0.2) is 4.98 Å². The number of ether oxygens (including phenoxy) is 6. The van der Waals surface area contributed by atoms with Crippen LogP contribution in [-0.4, -0.2) is 130 Å². The quantitative estimate of drug-likeness (QED) is 0.0144. The van der Waals surface area contributed by atoms with Gasteiger partial charge in [-0.1, -0.05) is 102 Å². The monoisotopic (exact) mass is 1030 g/mol. The summed E-state index contributed by atoms with van der Waals surface area (Å²) < 4.78 is 35.0. The normalized spacial score (nSPS) is 16.4. The van der Waals surface area contributed by atoms with Gasteiger partial charge >= 0.3 is 5.97 Å². The fourth-order valence-electron chi connectivity index (χ4n) is 8.94. The molecule has 2 heterocycles. The third-order valence-electron chi connectivity index (χ3n) is 13.4. The summed E-state index contributed by atoms with van der Waals surface area (Å²) in [5.74, 6) is -1.12. The number of Topliss-reactive ketones (excluding diaryl/α,β-unsaturated/α-hetero) is 1. The summed E-state index contributed by atoms with van der Waals surface area (Å²) in [6, 6.07) is 16.1. The Morgan fingerprint density at radius 3 is 2.30 bits per heavy atom. The summed E-state index contributed by atoms with van der Waals surface area (Å²) in [5.41, 5.74) is 10.4. The molecule has 1 unspecified atom stereocenters. The van der Waals surface area contributed by atoms with E-state index in [1.807, 2.05) is 80.4 Å². The first-order valence-corrected chi connectivity index (χ1v) is 27.2. The Morgan fingerprint density at radius 1 is 0.904 bits per heavy atom. The van der Waals surface area contributed by atoms with E-state index < -0.39 is 24.0 Å². The first-order valence-electron chi connectivity index (χ1n) is 26.4. The number of likely N-dealkylation sites (N-methyl/N-ethyl adjacent to an activating group) is 1. The number of thiazole rings is 1. The number of piperidine rings is 1. The molecular weight excluding hydrogens is 951 g/mol. The molecule has 0 radical (unpaired) electrons. The van der Waals surface area contributed by atoms with Crippen molar-refractivity contribution < 1.29 is 47.6 Å². The lowest BCUT2D eigenvalue weighted by Crippen LogP contribution is -2.50. The highest BCUT2D eigenvalue weighted by Crippen LogP contribution is 2.34. The third kappa shape index (κ3) is 21.1. The molecule has 1 aliphatic heterocycles. The number of carbonyl (C=O) groups is 4. The Kier molecular flexibility index (Phi) is 28.1. The summed E-state index contributed by atoms with van der Waals surface area (Å²) in [6.45, 7) is 18.1. The number of ketones is 1. The molecule has 0 spiro atoms. The molecule has 1 N–H and O–H groups in total. The molecule has 4 rings (SSSR count). The topological polar surface area (TPSA) is 204 Å². The third-order valence-corrected chi connectivity index (χ3v) is 14.3. The maximum atomic E-state index is 14.9. The van der Waals surface area contributed by atoms with E-state index in [-0.39, 0.29) is 79.5 Å². The summed E-state index contributed by atoms with van der Waals surface area (Å²) in [4.78, 5) is 67.9. The maximum Gasteiger partial charge on any atom is 0.309 e. The van der Waals surface area contributed by atoms with Crippen molar-refractivity contribution in [2.75, 3.05) is 73.1 Å². The number of rotatable bonds is 36. The van der Waals surface area contributed by atoms with Crippen LogP contribution in [0.3, 0.4) is 0 Å². The molecule has 7 atom stereocenters. The lowest BCUT2D eigenvalue weighted by molar-refractivity contribution is -0.151. The van der Waals surface area contributed by atoms with Gasteiger partial charge in [0.1, 0.15) is 42.5 Å². The average molecular weight is 1030 g/mol. The van der Waals surface area contributed by atoms with Gasteiger partial charge in [0.05, 0.1) is 38.4 Å². The second-order valence-corrected chi connectivity index (χ2v) is 20.2. The standard InChI is InChI=1S/C55H83N7O10S/c1-9-26-71-51(35-49(39(4)5)62(38-67-11-3)54(65)46(40(6)10-2)34-50(63)48-19-15-16-25-61(48)8)53-59-47(37-73-53)52(64)58-44(32-41(7)55(66)72-36-43-17-13-12-14-18-43)33-42-20-22-45(23-21-42)70-31-30-69-29-28-68-27-24-57-60-56/h12-14,17-18,20-23,37,39-41,44,46,48-49,51H,9-11,15-16,19,24-36,38H2,1-8H3,(H,58,64)/t40-,41-,44+,46-,48?,49+,51+/m0/s1. The molecule has 1 aromatic heterocycles. The first kappa shape index (κ1) is 60.6. The van der Waals surface area contributed by atoms with E-state index >= 15 is 0 Å². The van der Waals surface area contributed by atoms with Crippen LogP contribution < -0.4 is 10.1 Å². The molecule has 3 aromatic rings. The van der Waals surface area contributed by atoms with Crippen molar-refractivity contribution >= 4 is 34.9 Å². The Morgan fingerprint density at radius 2 is 1.63 bits per heavy atom. The van der Waals surface area contributed by atoms with Crippen LogP contribution in [0.15, 0.2) is 65.1 Å². The first-order chi connectivity index (χ1) is 35.3. The van der Waals surface area contributed by atoms with Crippen molar-refractivity contribution in [3.8, 4) is 5.75 Å². The largest absolute Gasteiger partial charge is 0.491 e. The van der Waals surface area contributed by atoms with E-state index in [1.165, 1.54) is 11.3 Å². The van der Waals surface area contributed by atoms with Gasteiger partial charge < -0.3 is 38.6 Å². The molecule has 404 valence electrons. The number of carbonyl (C=O) groups excluding carboxylic acids is 4. The van der Waals surface area contributed by atoms with Crippen molar-refractivity contribution in [2.24, 2.45) is 28.8 Å². The van der Waals surface area contributed by atoms with E-state index in [4.69, 9.17) is 38.9 Å². The van der Waals surface area contributed by atoms with Gasteiger partial charge in [-0.2, -0.15) is 0 Å². The molecule has 2 aromatic carbocycles. The van der Waals surface area contributed by atoms with Gasteiger partial charge in [0.2, 0.25) is 5.91 Å². The van der Waals surface area contributed by atoms with Gasteiger partial charge in [0.25, 0.3) is 5.91 Å². The van der Waals surface area contributed by atoms with Gasteiger partial charge in [-0.05, 0) is 93.2 Å². The number of likely N-dealkylation sites (tertiary alicyclic amines) is 1. The highest BCUT2D eigenvalue weighted by Gasteiger charge is 2.39. The molecular formula is C55H83N7O10S. The summed E-state index contributed by atoms with van der Waals surface area (Å²) in [7, 11) is 2.00. The van der Waals surface area contributed by atoms with E-state index in [2.05, 4.69) is 47.9 Å². The fourth-order valence-corrected chi connectivity index (χ4v) is 9.80. The number of hydrogen-bond donors (Lipinski definition) is 1. The average Bonchev–Trinajstić information content (AvgIpc) is 3.89. The highest BCUT2D eigenvalue weighted by atomic mass is 32.1. The van der Waals surface area contributed by atoms with Crippen molar-refractivity contribution in [2.45, 2.75) is 137 Å². The zero-order valence-corrected chi connectivity index (χ0v) is 45.5. The van der Waals surface area contributed by atoms with Crippen molar-refractivity contribution in [3.05, 3.63) is 92.2 Å².